The molecule has 1 N–H and O–H groups in total. The third-order valence-electron chi connectivity index (χ3n) is 3.21. The Balaban J connectivity index is 2.36. The van der Waals surface area contributed by atoms with E-state index in [1.54, 1.807) is 0 Å². The van der Waals surface area contributed by atoms with Gasteiger partial charge in [-0.15, -0.1) is 0 Å². The summed E-state index contributed by atoms with van der Waals surface area (Å²) in [6, 6.07) is 15.7. The summed E-state index contributed by atoms with van der Waals surface area (Å²) in [4.78, 5) is 15.1. The number of ether oxygens (including phenoxy) is 1. The third kappa shape index (κ3) is 2.12. The fourth-order valence-electron chi connectivity index (χ4n) is 2.32. The number of rotatable bonds is 2. The monoisotopic (exact) mass is 329 g/mol. The number of nitrogens with one attached hydrogen (secondary N) is 1. The number of aromatic nitrogens is 1. The van der Waals surface area contributed by atoms with Crippen molar-refractivity contribution in [3.63, 3.8) is 0 Å². The SMILES string of the molecule is COC(=O)c1[nH]c2ccc(Br)cc2c1-c1ccccc1. The Labute approximate surface area is 124 Å². The molecule has 0 saturated carbocycles. The highest BCUT2D eigenvalue weighted by Gasteiger charge is 2.19. The number of H-pyrrole nitrogens is 1. The van der Waals surface area contributed by atoms with Gasteiger partial charge in [-0.2, -0.15) is 0 Å². The van der Waals surface area contributed by atoms with Crippen molar-refractivity contribution in [1.82, 2.24) is 4.98 Å². The minimum absolute atomic E-state index is 0.365. The lowest BCUT2D eigenvalue weighted by Crippen LogP contribution is -2.03. The highest BCUT2D eigenvalue weighted by atomic mass is 79.9. The molecule has 0 amide bonds. The second kappa shape index (κ2) is 5.13. The van der Waals surface area contributed by atoms with Crippen molar-refractivity contribution in [2.45, 2.75) is 0 Å². The molecule has 3 nitrogen and oxygen atoms in total. The van der Waals surface area contributed by atoms with Crippen LogP contribution in [0.5, 0.6) is 0 Å². The van der Waals surface area contributed by atoms with Gasteiger partial charge >= 0.3 is 5.97 Å². The number of aromatic amines is 1. The lowest BCUT2D eigenvalue weighted by molar-refractivity contribution is 0.0596. The van der Waals surface area contributed by atoms with Crippen LogP contribution in [0.3, 0.4) is 0 Å². The molecule has 0 bridgehead atoms. The maximum atomic E-state index is 12.0. The van der Waals surface area contributed by atoms with Crippen LogP contribution in [0.15, 0.2) is 53.0 Å². The van der Waals surface area contributed by atoms with Gasteiger partial charge in [-0.25, -0.2) is 4.79 Å². The molecule has 0 saturated heterocycles. The zero-order chi connectivity index (χ0) is 14.1. The van der Waals surface area contributed by atoms with E-state index in [9.17, 15) is 4.79 Å². The van der Waals surface area contributed by atoms with E-state index in [4.69, 9.17) is 4.74 Å². The molecule has 0 radical (unpaired) electrons. The topological polar surface area (TPSA) is 42.1 Å². The Kier molecular flexibility index (Phi) is 3.32. The summed E-state index contributed by atoms with van der Waals surface area (Å²) < 4.78 is 5.85. The number of esters is 1. The molecule has 0 aliphatic carbocycles. The Morgan fingerprint density at radius 3 is 2.60 bits per heavy atom. The van der Waals surface area contributed by atoms with Gasteiger partial charge in [0, 0.05) is 20.9 Å². The molecule has 0 aliphatic heterocycles. The van der Waals surface area contributed by atoms with Crippen LogP contribution in [-0.4, -0.2) is 18.1 Å². The third-order valence-corrected chi connectivity index (χ3v) is 3.71. The molecule has 0 spiro atoms. The Hall–Kier alpha value is -2.07. The number of hydrogen-bond acceptors (Lipinski definition) is 2. The minimum Gasteiger partial charge on any atom is -0.464 e. The molecule has 20 heavy (non-hydrogen) atoms. The second-order valence-electron chi connectivity index (χ2n) is 4.42. The van der Waals surface area contributed by atoms with E-state index in [0.717, 1.165) is 26.5 Å². The van der Waals surface area contributed by atoms with Crippen LogP contribution < -0.4 is 0 Å². The molecule has 0 unspecified atom stereocenters. The predicted octanol–water partition coefficient (Wildman–Crippen LogP) is 4.38. The second-order valence-corrected chi connectivity index (χ2v) is 5.34. The Morgan fingerprint density at radius 2 is 1.90 bits per heavy atom. The lowest BCUT2D eigenvalue weighted by atomic mass is 10.0. The zero-order valence-corrected chi connectivity index (χ0v) is 12.4. The summed E-state index contributed by atoms with van der Waals surface area (Å²) in [7, 11) is 1.39. The summed E-state index contributed by atoms with van der Waals surface area (Å²) in [5.41, 5.74) is 3.24. The molecule has 1 heterocycles. The van der Waals surface area contributed by atoms with Crippen molar-refractivity contribution in [3.8, 4) is 11.1 Å². The molecule has 0 atom stereocenters. The van der Waals surface area contributed by atoms with Crippen molar-refractivity contribution in [2.24, 2.45) is 0 Å². The van der Waals surface area contributed by atoms with Crippen molar-refractivity contribution in [1.29, 1.82) is 0 Å². The average Bonchev–Trinajstić information content (AvgIpc) is 2.85. The van der Waals surface area contributed by atoms with Crippen LogP contribution in [0, 0.1) is 0 Å². The molecule has 3 rings (SSSR count). The molecule has 2 aromatic carbocycles. The highest BCUT2D eigenvalue weighted by Crippen LogP contribution is 2.34. The molecular formula is C16H12BrNO2. The minimum atomic E-state index is -0.365. The van der Waals surface area contributed by atoms with Crippen LogP contribution in [0.25, 0.3) is 22.0 Å². The van der Waals surface area contributed by atoms with E-state index in [1.807, 2.05) is 48.5 Å². The first-order valence-corrected chi connectivity index (χ1v) is 6.95. The first-order valence-electron chi connectivity index (χ1n) is 6.15. The summed E-state index contributed by atoms with van der Waals surface area (Å²) in [6.07, 6.45) is 0. The van der Waals surface area contributed by atoms with Gasteiger partial charge in [0.15, 0.2) is 0 Å². The van der Waals surface area contributed by atoms with Gasteiger partial charge in [-0.05, 0) is 23.8 Å². The van der Waals surface area contributed by atoms with E-state index in [0.29, 0.717) is 5.69 Å². The molecule has 100 valence electrons. The van der Waals surface area contributed by atoms with Gasteiger partial charge in [-0.1, -0.05) is 46.3 Å². The van der Waals surface area contributed by atoms with E-state index < -0.39 is 0 Å². The van der Waals surface area contributed by atoms with Crippen molar-refractivity contribution in [2.75, 3.05) is 7.11 Å². The van der Waals surface area contributed by atoms with Gasteiger partial charge in [-0.3, -0.25) is 0 Å². The standard InChI is InChI=1S/C16H12BrNO2/c1-20-16(19)15-14(10-5-3-2-4-6-10)12-9-11(17)7-8-13(12)18-15/h2-9,18H,1H3. The maximum Gasteiger partial charge on any atom is 0.355 e. The number of methoxy groups -OCH3 is 1. The fraction of sp³-hybridized carbons (Fsp3) is 0.0625. The van der Waals surface area contributed by atoms with E-state index >= 15 is 0 Å². The van der Waals surface area contributed by atoms with E-state index in [1.165, 1.54) is 7.11 Å². The molecule has 0 aliphatic rings. The van der Waals surface area contributed by atoms with Gasteiger partial charge in [0.25, 0.3) is 0 Å². The number of benzene rings is 2. The van der Waals surface area contributed by atoms with Crippen LogP contribution in [0.2, 0.25) is 0 Å². The van der Waals surface area contributed by atoms with Crippen molar-refractivity contribution >= 4 is 32.8 Å². The molecule has 0 fully saturated rings. The first-order chi connectivity index (χ1) is 9.70. The maximum absolute atomic E-state index is 12.0. The Bertz CT molecular complexity index is 778. The van der Waals surface area contributed by atoms with Crippen LogP contribution in [-0.2, 0) is 4.74 Å². The van der Waals surface area contributed by atoms with Gasteiger partial charge in [0.1, 0.15) is 5.69 Å². The molecule has 4 heteroatoms. The number of carbonyl (C=O) groups is 1. The Morgan fingerprint density at radius 1 is 1.15 bits per heavy atom. The largest absolute Gasteiger partial charge is 0.464 e. The predicted molar refractivity (Wildman–Crippen MR) is 82.8 cm³/mol. The van der Waals surface area contributed by atoms with Gasteiger partial charge in [0.05, 0.1) is 7.11 Å². The summed E-state index contributed by atoms with van der Waals surface area (Å²) in [5, 5.41) is 0.992. The van der Waals surface area contributed by atoms with Crippen LogP contribution in [0.1, 0.15) is 10.5 Å². The molecule has 1 aromatic heterocycles. The smallest absolute Gasteiger partial charge is 0.355 e. The van der Waals surface area contributed by atoms with E-state index in [-0.39, 0.29) is 5.97 Å². The number of halogens is 1. The van der Waals surface area contributed by atoms with Gasteiger partial charge in [0.2, 0.25) is 0 Å². The normalized spacial score (nSPS) is 10.7. The van der Waals surface area contributed by atoms with Crippen LogP contribution >= 0.6 is 15.9 Å². The summed E-state index contributed by atoms with van der Waals surface area (Å²) in [5.74, 6) is -0.365. The van der Waals surface area contributed by atoms with E-state index in [2.05, 4.69) is 20.9 Å². The number of fused-ring (bicyclic) bond motifs is 1. The fourth-order valence-corrected chi connectivity index (χ4v) is 2.69. The summed E-state index contributed by atoms with van der Waals surface area (Å²) in [6.45, 7) is 0. The highest BCUT2D eigenvalue weighted by molar-refractivity contribution is 9.10. The lowest BCUT2D eigenvalue weighted by Gasteiger charge is -2.03. The zero-order valence-electron chi connectivity index (χ0n) is 10.8. The number of carbonyl (C=O) groups excluding carboxylic acids is 1. The van der Waals surface area contributed by atoms with Crippen molar-refractivity contribution in [3.05, 3.63) is 58.7 Å². The molecule has 3 aromatic rings. The first kappa shape index (κ1) is 12.9. The number of hydrogen-bond donors (Lipinski definition) is 1. The van der Waals surface area contributed by atoms with Crippen LogP contribution in [0.4, 0.5) is 0 Å². The van der Waals surface area contributed by atoms with Crippen molar-refractivity contribution < 1.29 is 9.53 Å². The molecular weight excluding hydrogens is 318 g/mol. The summed E-state index contributed by atoms with van der Waals surface area (Å²) >= 11 is 3.47. The van der Waals surface area contributed by atoms with Gasteiger partial charge < -0.3 is 9.72 Å². The quantitative estimate of drug-likeness (QED) is 0.709. The average molecular weight is 330 g/mol.